The van der Waals surface area contributed by atoms with Gasteiger partial charge >= 0.3 is 0 Å². The number of nitrogens with one attached hydrogen (secondary N) is 2. The molecule has 0 saturated carbocycles. The zero-order chi connectivity index (χ0) is 16.5. The molecule has 7 nitrogen and oxygen atoms in total. The third-order valence-corrected chi connectivity index (χ3v) is 4.01. The van der Waals surface area contributed by atoms with Crippen LogP contribution in [0.5, 0.6) is 0 Å². The third-order valence-electron chi connectivity index (χ3n) is 4.01. The second-order valence-corrected chi connectivity index (χ2v) is 5.60. The Kier molecular flexibility index (Phi) is 3.45. The summed E-state index contributed by atoms with van der Waals surface area (Å²) in [6.45, 7) is 0.319. The Morgan fingerprint density at radius 1 is 1.25 bits per heavy atom. The predicted octanol–water partition coefficient (Wildman–Crippen LogP) is 1.63. The van der Waals surface area contributed by atoms with Crippen LogP contribution in [0.25, 0.3) is 11.0 Å². The van der Waals surface area contributed by atoms with Gasteiger partial charge in [0.05, 0.1) is 29.7 Å². The van der Waals surface area contributed by atoms with Crippen LogP contribution in [0.1, 0.15) is 18.2 Å². The predicted molar refractivity (Wildman–Crippen MR) is 88.1 cm³/mol. The molecule has 7 heteroatoms. The van der Waals surface area contributed by atoms with Crippen molar-refractivity contribution in [2.24, 2.45) is 0 Å². The van der Waals surface area contributed by atoms with Crippen LogP contribution in [0.4, 0.5) is 5.95 Å². The molecule has 1 atom stereocenters. The topological polar surface area (TPSA) is 88.9 Å². The van der Waals surface area contributed by atoms with Crippen molar-refractivity contribution in [2.45, 2.75) is 19.0 Å². The smallest absolute Gasteiger partial charge is 0.244 e. The second-order valence-electron chi connectivity index (χ2n) is 5.60. The number of imidazole rings is 1. The highest BCUT2D eigenvalue weighted by molar-refractivity contribution is 5.99. The van der Waals surface area contributed by atoms with Crippen LogP contribution in [0, 0.1) is 0 Å². The average molecular weight is 321 g/mol. The monoisotopic (exact) mass is 321 g/mol. The van der Waals surface area contributed by atoms with E-state index in [4.69, 9.17) is 0 Å². The van der Waals surface area contributed by atoms with Crippen molar-refractivity contribution in [3.05, 3.63) is 54.4 Å². The molecule has 0 spiro atoms. The van der Waals surface area contributed by atoms with Crippen molar-refractivity contribution < 1.29 is 9.59 Å². The van der Waals surface area contributed by atoms with E-state index in [1.165, 1.54) is 0 Å². The van der Waals surface area contributed by atoms with Crippen molar-refractivity contribution in [2.75, 3.05) is 5.32 Å². The maximum Gasteiger partial charge on any atom is 0.244 e. The molecule has 0 aliphatic carbocycles. The SMILES string of the molecule is O=C1CC(C(=O)NCc2ccccn2)n2c(nc3ccccc32)N1. The molecule has 0 bridgehead atoms. The minimum Gasteiger partial charge on any atom is -0.349 e. The molecule has 3 heterocycles. The van der Waals surface area contributed by atoms with Crippen LogP contribution in [-0.2, 0) is 16.1 Å². The molecule has 1 unspecified atom stereocenters. The lowest BCUT2D eigenvalue weighted by Crippen LogP contribution is -2.38. The molecule has 1 aliphatic rings. The molecule has 0 fully saturated rings. The van der Waals surface area contributed by atoms with Gasteiger partial charge in [-0.1, -0.05) is 18.2 Å². The Balaban J connectivity index is 1.64. The first-order valence-electron chi connectivity index (χ1n) is 7.67. The van der Waals surface area contributed by atoms with Crippen LogP contribution in [0.15, 0.2) is 48.7 Å². The maximum absolute atomic E-state index is 12.7. The Morgan fingerprint density at radius 3 is 2.92 bits per heavy atom. The van der Waals surface area contributed by atoms with E-state index in [0.717, 1.165) is 16.7 Å². The number of amides is 2. The Morgan fingerprint density at radius 2 is 2.08 bits per heavy atom. The van der Waals surface area contributed by atoms with Gasteiger partial charge < -0.3 is 5.32 Å². The number of pyridine rings is 1. The zero-order valence-corrected chi connectivity index (χ0v) is 12.8. The van der Waals surface area contributed by atoms with Crippen molar-refractivity contribution in [3.8, 4) is 0 Å². The second kappa shape index (κ2) is 5.77. The summed E-state index contributed by atoms with van der Waals surface area (Å²) in [5.41, 5.74) is 2.34. The number of nitrogens with zero attached hydrogens (tertiary/aromatic N) is 3. The minimum absolute atomic E-state index is 0.0847. The van der Waals surface area contributed by atoms with E-state index in [2.05, 4.69) is 20.6 Å². The van der Waals surface area contributed by atoms with E-state index in [-0.39, 0.29) is 18.2 Å². The van der Waals surface area contributed by atoms with Gasteiger partial charge in [-0.3, -0.25) is 24.5 Å². The summed E-state index contributed by atoms with van der Waals surface area (Å²) in [5, 5.41) is 5.58. The van der Waals surface area contributed by atoms with Gasteiger partial charge in [0, 0.05) is 6.20 Å². The fourth-order valence-electron chi connectivity index (χ4n) is 2.90. The molecular formula is C17H15N5O2. The normalized spacial score (nSPS) is 16.5. The molecule has 2 aromatic heterocycles. The zero-order valence-electron chi connectivity index (χ0n) is 12.8. The van der Waals surface area contributed by atoms with Gasteiger partial charge in [-0.25, -0.2) is 4.98 Å². The van der Waals surface area contributed by atoms with Gasteiger partial charge in [-0.15, -0.1) is 0 Å². The molecule has 0 saturated heterocycles. The van der Waals surface area contributed by atoms with Crippen LogP contribution < -0.4 is 10.6 Å². The first-order valence-corrected chi connectivity index (χ1v) is 7.67. The van der Waals surface area contributed by atoms with Crippen LogP contribution in [0.3, 0.4) is 0 Å². The largest absolute Gasteiger partial charge is 0.349 e. The Labute approximate surface area is 137 Å². The summed E-state index contributed by atoms with van der Waals surface area (Å²) in [6, 6.07) is 12.4. The summed E-state index contributed by atoms with van der Waals surface area (Å²) >= 11 is 0. The number of fused-ring (bicyclic) bond motifs is 3. The molecule has 3 aromatic rings. The fraction of sp³-hybridized carbons (Fsp3) is 0.176. The average Bonchev–Trinajstić information content (AvgIpc) is 2.98. The highest BCUT2D eigenvalue weighted by Crippen LogP contribution is 2.30. The van der Waals surface area contributed by atoms with Gasteiger partial charge in [0.2, 0.25) is 17.8 Å². The van der Waals surface area contributed by atoms with Crippen LogP contribution >= 0.6 is 0 Å². The lowest BCUT2D eigenvalue weighted by molar-refractivity contribution is -0.128. The molecule has 120 valence electrons. The highest BCUT2D eigenvalue weighted by Gasteiger charge is 2.32. The van der Waals surface area contributed by atoms with E-state index in [9.17, 15) is 9.59 Å². The van der Waals surface area contributed by atoms with Crippen LogP contribution in [-0.4, -0.2) is 26.3 Å². The number of para-hydroxylation sites is 2. The molecule has 2 amide bonds. The summed E-state index contributed by atoms with van der Waals surface area (Å²) in [4.78, 5) is 33.2. The third kappa shape index (κ3) is 2.50. The van der Waals surface area contributed by atoms with Crippen LogP contribution in [0.2, 0.25) is 0 Å². The Hall–Kier alpha value is -3.22. The van der Waals surface area contributed by atoms with E-state index in [1.807, 2.05) is 42.5 Å². The summed E-state index contributed by atoms with van der Waals surface area (Å²) in [6.07, 6.45) is 1.76. The first kappa shape index (κ1) is 14.4. The van der Waals surface area contributed by atoms with Crippen molar-refractivity contribution in [3.63, 3.8) is 0 Å². The summed E-state index contributed by atoms with van der Waals surface area (Å²) in [5.74, 6) is -0.0267. The van der Waals surface area contributed by atoms with Gasteiger partial charge in [0.25, 0.3) is 0 Å². The van der Waals surface area contributed by atoms with Gasteiger partial charge in [0.1, 0.15) is 6.04 Å². The quantitative estimate of drug-likeness (QED) is 0.767. The lowest BCUT2D eigenvalue weighted by Gasteiger charge is -2.24. The number of rotatable bonds is 3. The van der Waals surface area contributed by atoms with Crippen molar-refractivity contribution >= 4 is 28.8 Å². The molecule has 0 radical (unpaired) electrons. The number of anilines is 1. The molecular weight excluding hydrogens is 306 g/mol. The van der Waals surface area contributed by atoms with E-state index in [1.54, 1.807) is 10.8 Å². The molecule has 2 N–H and O–H groups in total. The lowest BCUT2D eigenvalue weighted by atomic mass is 10.1. The summed E-state index contributed by atoms with van der Waals surface area (Å²) < 4.78 is 1.78. The maximum atomic E-state index is 12.7. The molecule has 1 aromatic carbocycles. The number of hydrogen-bond donors (Lipinski definition) is 2. The molecule has 24 heavy (non-hydrogen) atoms. The van der Waals surface area contributed by atoms with Crippen molar-refractivity contribution in [1.82, 2.24) is 19.9 Å². The number of hydrogen-bond acceptors (Lipinski definition) is 4. The van der Waals surface area contributed by atoms with Gasteiger partial charge in [-0.2, -0.15) is 0 Å². The van der Waals surface area contributed by atoms with Gasteiger partial charge in [-0.05, 0) is 24.3 Å². The standard InChI is InChI=1S/C17H15N5O2/c23-15-9-14(16(24)19-10-11-5-3-4-8-18-11)22-13-7-2-1-6-12(13)20-17(22)21-15/h1-8,14H,9-10H2,(H,19,24)(H,20,21,23). The number of aromatic nitrogens is 3. The Bertz CT molecular complexity index is 919. The minimum atomic E-state index is -0.620. The number of carbonyl (C=O) groups is 2. The fourth-order valence-corrected chi connectivity index (χ4v) is 2.90. The first-order chi connectivity index (χ1) is 11.7. The van der Waals surface area contributed by atoms with E-state index >= 15 is 0 Å². The van der Waals surface area contributed by atoms with Crippen molar-refractivity contribution in [1.29, 1.82) is 0 Å². The van der Waals surface area contributed by atoms with E-state index in [0.29, 0.717) is 12.5 Å². The summed E-state index contributed by atoms with van der Waals surface area (Å²) in [7, 11) is 0. The van der Waals surface area contributed by atoms with Gasteiger partial charge in [0.15, 0.2) is 0 Å². The number of benzene rings is 1. The highest BCUT2D eigenvalue weighted by atomic mass is 16.2. The number of carbonyl (C=O) groups excluding carboxylic acids is 2. The molecule has 4 rings (SSSR count). The van der Waals surface area contributed by atoms with E-state index < -0.39 is 6.04 Å². The molecule has 1 aliphatic heterocycles.